The van der Waals surface area contributed by atoms with E-state index in [1.807, 2.05) is 0 Å². The Morgan fingerprint density at radius 1 is 0.333 bits per heavy atom. The molecule has 33 heavy (non-hydrogen) atoms. The van der Waals surface area contributed by atoms with Gasteiger partial charge < -0.3 is 15.3 Å². The first-order valence-electron chi connectivity index (χ1n) is 15.3. The van der Waals surface area contributed by atoms with E-state index in [0.717, 1.165) is 25.7 Å². The zero-order chi connectivity index (χ0) is 23.9. The summed E-state index contributed by atoms with van der Waals surface area (Å²) < 4.78 is 0. The number of hydrogen-bond donors (Lipinski definition) is 3. The van der Waals surface area contributed by atoms with Gasteiger partial charge >= 0.3 is 0 Å². The molecule has 1 aliphatic rings. The van der Waals surface area contributed by atoms with E-state index in [-0.39, 0.29) is 0 Å². The number of aliphatic hydroxyl groups is 3. The average Bonchev–Trinajstić information content (AvgIpc) is 2.80. The maximum atomic E-state index is 10.2. The lowest BCUT2D eigenvalue weighted by molar-refractivity contribution is -0.230. The topological polar surface area (TPSA) is 60.7 Å². The SMILES string of the molecule is OC1CCCCCCCCCCCCCCCCCCCCCCCCCCCCC1(O)O. The minimum Gasteiger partial charge on any atom is -0.388 e. The maximum absolute atomic E-state index is 10.2. The fraction of sp³-hybridized carbons (Fsp3) is 1.00. The van der Waals surface area contributed by atoms with Crippen LogP contribution in [0.5, 0.6) is 0 Å². The van der Waals surface area contributed by atoms with Gasteiger partial charge in [-0.1, -0.05) is 161 Å². The van der Waals surface area contributed by atoms with E-state index < -0.39 is 11.9 Å². The van der Waals surface area contributed by atoms with E-state index in [1.54, 1.807) is 0 Å². The zero-order valence-corrected chi connectivity index (χ0v) is 22.2. The molecule has 0 spiro atoms. The van der Waals surface area contributed by atoms with Gasteiger partial charge in [-0.15, -0.1) is 0 Å². The second kappa shape index (κ2) is 22.4. The van der Waals surface area contributed by atoms with Crippen molar-refractivity contribution in [1.82, 2.24) is 0 Å². The Kier molecular flexibility index (Phi) is 20.9. The first kappa shape index (κ1) is 30.9. The summed E-state index contributed by atoms with van der Waals surface area (Å²) in [5.74, 6) is -1.90. The van der Waals surface area contributed by atoms with E-state index in [4.69, 9.17) is 0 Å². The molecule has 0 heterocycles. The molecule has 0 saturated heterocycles. The fourth-order valence-corrected chi connectivity index (χ4v) is 5.36. The molecule has 0 aromatic carbocycles. The minimum atomic E-state index is -1.90. The Balaban J connectivity index is 2.18. The highest BCUT2D eigenvalue weighted by Crippen LogP contribution is 2.22. The Morgan fingerprint density at radius 2 is 0.545 bits per heavy atom. The summed E-state index contributed by atoms with van der Waals surface area (Å²) in [6, 6.07) is 0. The van der Waals surface area contributed by atoms with Crippen LogP contribution in [0.3, 0.4) is 0 Å². The highest BCUT2D eigenvalue weighted by molar-refractivity contribution is 4.75. The Labute approximate surface area is 207 Å². The van der Waals surface area contributed by atoms with Crippen molar-refractivity contribution in [3.05, 3.63) is 0 Å². The predicted molar refractivity (Wildman–Crippen MR) is 142 cm³/mol. The van der Waals surface area contributed by atoms with Gasteiger partial charge in [0.25, 0.3) is 0 Å². The van der Waals surface area contributed by atoms with E-state index in [0.29, 0.717) is 12.8 Å². The first-order valence-corrected chi connectivity index (χ1v) is 15.3. The lowest BCUT2D eigenvalue weighted by Crippen LogP contribution is -2.42. The summed E-state index contributed by atoms with van der Waals surface area (Å²) in [4.78, 5) is 0. The molecule has 3 N–H and O–H groups in total. The predicted octanol–water partition coefficient (Wildman–Crippen LogP) is 8.96. The van der Waals surface area contributed by atoms with E-state index in [1.165, 1.54) is 141 Å². The molecule has 1 atom stereocenters. The monoisotopic (exact) mass is 468 g/mol. The molecule has 0 radical (unpaired) electrons. The normalized spacial score (nSPS) is 26.8. The highest BCUT2D eigenvalue weighted by Gasteiger charge is 2.31. The summed E-state index contributed by atoms with van der Waals surface area (Å²) in [6.45, 7) is 0. The first-order chi connectivity index (χ1) is 16.1. The van der Waals surface area contributed by atoms with Crippen LogP contribution in [0.2, 0.25) is 0 Å². The fourth-order valence-electron chi connectivity index (χ4n) is 5.36. The number of aliphatic hydroxyl groups excluding tert-OH is 1. The van der Waals surface area contributed by atoms with Crippen molar-refractivity contribution in [2.45, 2.75) is 192 Å². The van der Waals surface area contributed by atoms with Gasteiger partial charge in [-0.3, -0.25) is 0 Å². The average molecular weight is 469 g/mol. The molecule has 1 fully saturated rings. The van der Waals surface area contributed by atoms with Crippen molar-refractivity contribution in [2.75, 3.05) is 0 Å². The van der Waals surface area contributed by atoms with Gasteiger partial charge in [-0.25, -0.2) is 0 Å². The van der Waals surface area contributed by atoms with E-state index in [2.05, 4.69) is 0 Å². The zero-order valence-electron chi connectivity index (χ0n) is 22.2. The molecule has 0 amide bonds. The minimum absolute atomic E-state index is 0.300. The third-order valence-electron chi connectivity index (χ3n) is 7.81. The quantitative estimate of drug-likeness (QED) is 0.311. The van der Waals surface area contributed by atoms with Crippen LogP contribution in [0.1, 0.15) is 180 Å². The highest BCUT2D eigenvalue weighted by atomic mass is 16.5. The lowest BCUT2D eigenvalue weighted by atomic mass is 9.96. The number of rotatable bonds is 0. The van der Waals surface area contributed by atoms with Crippen LogP contribution >= 0.6 is 0 Å². The van der Waals surface area contributed by atoms with Gasteiger partial charge in [0.05, 0.1) is 0 Å². The molecule has 1 saturated carbocycles. The molecule has 0 aromatic rings. The van der Waals surface area contributed by atoms with Crippen molar-refractivity contribution in [3.8, 4) is 0 Å². The third-order valence-corrected chi connectivity index (χ3v) is 7.81. The molecule has 1 unspecified atom stereocenters. The molecular weight excluding hydrogens is 408 g/mol. The molecule has 3 heteroatoms. The van der Waals surface area contributed by atoms with Crippen molar-refractivity contribution in [3.63, 3.8) is 0 Å². The van der Waals surface area contributed by atoms with Gasteiger partial charge in [0.15, 0.2) is 5.79 Å². The van der Waals surface area contributed by atoms with E-state index >= 15 is 0 Å². The second-order valence-electron chi connectivity index (χ2n) is 11.1. The van der Waals surface area contributed by atoms with Crippen LogP contribution < -0.4 is 0 Å². The molecule has 0 aliphatic heterocycles. The van der Waals surface area contributed by atoms with Gasteiger partial charge in [-0.2, -0.15) is 0 Å². The van der Waals surface area contributed by atoms with Crippen LogP contribution in [0.4, 0.5) is 0 Å². The van der Waals surface area contributed by atoms with Gasteiger partial charge in [0.2, 0.25) is 0 Å². The largest absolute Gasteiger partial charge is 0.388 e. The molecule has 0 bridgehead atoms. The van der Waals surface area contributed by atoms with Crippen LogP contribution in [-0.4, -0.2) is 27.2 Å². The summed E-state index contributed by atoms with van der Waals surface area (Å²) in [6.07, 6.45) is 33.8. The molecular formula is C30H60O3. The van der Waals surface area contributed by atoms with E-state index in [9.17, 15) is 15.3 Å². The van der Waals surface area contributed by atoms with Crippen LogP contribution in [0, 0.1) is 0 Å². The summed E-state index contributed by atoms with van der Waals surface area (Å²) in [5.41, 5.74) is 0. The van der Waals surface area contributed by atoms with Crippen molar-refractivity contribution < 1.29 is 15.3 Å². The van der Waals surface area contributed by atoms with Crippen LogP contribution in [0.15, 0.2) is 0 Å². The Hall–Kier alpha value is -0.120. The van der Waals surface area contributed by atoms with Crippen LogP contribution in [-0.2, 0) is 0 Å². The molecule has 198 valence electrons. The number of hydrogen-bond acceptors (Lipinski definition) is 3. The van der Waals surface area contributed by atoms with Crippen molar-refractivity contribution in [1.29, 1.82) is 0 Å². The summed E-state index contributed by atoms with van der Waals surface area (Å²) in [7, 11) is 0. The standard InChI is InChI=1S/C30H60O3/c31-29-27-25-23-21-19-17-15-13-11-9-7-5-3-1-2-4-6-8-10-12-14-16-18-20-22-24-26-28-30(29,32)33/h29,31-33H,1-28H2. The molecule has 1 aliphatic carbocycles. The Bertz CT molecular complexity index is 396. The van der Waals surface area contributed by atoms with Crippen LogP contribution in [0.25, 0.3) is 0 Å². The van der Waals surface area contributed by atoms with Gasteiger partial charge in [0, 0.05) is 6.42 Å². The molecule has 3 nitrogen and oxygen atoms in total. The van der Waals surface area contributed by atoms with Gasteiger partial charge in [-0.05, 0) is 12.8 Å². The van der Waals surface area contributed by atoms with Crippen molar-refractivity contribution >= 4 is 0 Å². The Morgan fingerprint density at radius 3 is 0.818 bits per heavy atom. The lowest BCUT2D eigenvalue weighted by Gasteiger charge is -2.27. The van der Waals surface area contributed by atoms with Gasteiger partial charge in [0.1, 0.15) is 6.10 Å². The second-order valence-corrected chi connectivity index (χ2v) is 11.1. The smallest absolute Gasteiger partial charge is 0.189 e. The van der Waals surface area contributed by atoms with Crippen molar-refractivity contribution in [2.24, 2.45) is 0 Å². The third kappa shape index (κ3) is 19.8. The summed E-state index contributed by atoms with van der Waals surface area (Å²) >= 11 is 0. The maximum Gasteiger partial charge on any atom is 0.189 e. The molecule has 0 aromatic heterocycles. The molecule has 1 rings (SSSR count). The summed E-state index contributed by atoms with van der Waals surface area (Å²) in [5, 5.41) is 30.7.